The summed E-state index contributed by atoms with van der Waals surface area (Å²) >= 11 is 8.51. The van der Waals surface area contributed by atoms with Crippen LogP contribution in [0.2, 0.25) is 0 Å². The molecule has 0 atom stereocenters. The Kier molecular flexibility index (Phi) is 4.87. The molecule has 2 heterocycles. The Hall–Kier alpha value is -2.77. The van der Waals surface area contributed by atoms with Crippen LogP contribution in [0.4, 0.5) is 0 Å². The maximum absolute atomic E-state index is 12.5. The van der Waals surface area contributed by atoms with E-state index < -0.39 is 11.8 Å². The number of rotatable bonds is 3. The molecule has 0 saturated carbocycles. The summed E-state index contributed by atoms with van der Waals surface area (Å²) in [5.41, 5.74) is 3.05. The van der Waals surface area contributed by atoms with Crippen molar-refractivity contribution >= 4 is 62.1 Å². The summed E-state index contributed by atoms with van der Waals surface area (Å²) in [5, 5.41) is 3.61. The van der Waals surface area contributed by atoms with Gasteiger partial charge in [-0.25, -0.2) is 0 Å². The number of carbonyl (C=O) groups excluding carboxylic acids is 2. The molecule has 0 radical (unpaired) electrons. The molecule has 2 amide bonds. The standard InChI is InChI=1S/C21H16BrN3O2S/c1-24-20(27)17(19(26)23-21(24)28)9-14-12-25(11-13-5-3-2-4-6-13)18-8-7-15(22)10-16(14)18/h2-10,12H,11H2,1H3,(H,23,26,28)/b17-9-. The van der Waals surface area contributed by atoms with Gasteiger partial charge in [-0.3, -0.25) is 19.8 Å². The number of nitrogens with one attached hydrogen (secondary N) is 1. The summed E-state index contributed by atoms with van der Waals surface area (Å²) in [5.74, 6) is -0.889. The third-order valence-electron chi connectivity index (χ3n) is 4.67. The quantitative estimate of drug-likeness (QED) is 0.373. The highest BCUT2D eigenvalue weighted by Gasteiger charge is 2.31. The summed E-state index contributed by atoms with van der Waals surface area (Å²) in [6.45, 7) is 0.687. The lowest BCUT2D eigenvalue weighted by Crippen LogP contribution is -2.52. The van der Waals surface area contributed by atoms with Crippen LogP contribution in [0, 0.1) is 0 Å². The maximum atomic E-state index is 12.5. The van der Waals surface area contributed by atoms with E-state index in [-0.39, 0.29) is 10.7 Å². The summed E-state index contributed by atoms with van der Waals surface area (Å²) in [6, 6.07) is 16.1. The highest BCUT2D eigenvalue weighted by molar-refractivity contribution is 9.10. The van der Waals surface area contributed by atoms with Gasteiger partial charge in [-0.1, -0.05) is 46.3 Å². The van der Waals surface area contributed by atoms with Crippen LogP contribution in [0.25, 0.3) is 17.0 Å². The van der Waals surface area contributed by atoms with Gasteiger partial charge in [-0.2, -0.15) is 0 Å². The smallest absolute Gasteiger partial charge is 0.265 e. The monoisotopic (exact) mass is 453 g/mol. The molecule has 3 aromatic rings. The van der Waals surface area contributed by atoms with Gasteiger partial charge in [0.25, 0.3) is 11.8 Å². The van der Waals surface area contributed by atoms with Gasteiger partial charge in [0, 0.05) is 40.7 Å². The highest BCUT2D eigenvalue weighted by Crippen LogP contribution is 2.28. The van der Waals surface area contributed by atoms with Gasteiger partial charge in [0.2, 0.25) is 0 Å². The molecule has 140 valence electrons. The summed E-state index contributed by atoms with van der Waals surface area (Å²) in [4.78, 5) is 26.1. The molecule has 7 heteroatoms. The number of thiocarbonyl (C=S) groups is 1. The van der Waals surface area contributed by atoms with E-state index in [1.54, 1.807) is 13.1 Å². The van der Waals surface area contributed by atoms with E-state index in [4.69, 9.17) is 12.2 Å². The first kappa shape index (κ1) is 18.6. The van der Waals surface area contributed by atoms with Crippen LogP contribution in [-0.2, 0) is 16.1 Å². The zero-order chi connectivity index (χ0) is 19.8. The largest absolute Gasteiger partial charge is 0.342 e. The molecule has 2 aromatic carbocycles. The van der Waals surface area contributed by atoms with E-state index in [0.717, 1.165) is 26.5 Å². The van der Waals surface area contributed by atoms with Crippen LogP contribution in [0.3, 0.4) is 0 Å². The number of amides is 2. The second kappa shape index (κ2) is 7.33. The van der Waals surface area contributed by atoms with E-state index in [0.29, 0.717) is 6.54 Å². The Morgan fingerprint density at radius 3 is 2.64 bits per heavy atom. The van der Waals surface area contributed by atoms with Gasteiger partial charge in [0.1, 0.15) is 5.57 Å². The Morgan fingerprint density at radius 2 is 1.89 bits per heavy atom. The SMILES string of the molecule is CN1C(=O)/C(=C\c2cn(Cc3ccccc3)c3ccc(Br)cc23)C(=O)NC1=S. The molecule has 1 N–H and O–H groups in total. The van der Waals surface area contributed by atoms with Gasteiger partial charge < -0.3 is 4.57 Å². The number of nitrogens with zero attached hydrogens (tertiary/aromatic N) is 2. The normalized spacial score (nSPS) is 16.1. The lowest BCUT2D eigenvalue weighted by Gasteiger charge is -2.24. The minimum Gasteiger partial charge on any atom is -0.342 e. The topological polar surface area (TPSA) is 54.3 Å². The molecule has 0 unspecified atom stereocenters. The van der Waals surface area contributed by atoms with E-state index in [1.165, 1.54) is 4.90 Å². The molecule has 4 rings (SSSR count). The molecule has 1 saturated heterocycles. The van der Waals surface area contributed by atoms with Gasteiger partial charge >= 0.3 is 0 Å². The highest BCUT2D eigenvalue weighted by atomic mass is 79.9. The molecule has 5 nitrogen and oxygen atoms in total. The Morgan fingerprint density at radius 1 is 1.14 bits per heavy atom. The minimum absolute atomic E-state index is 0.0647. The van der Waals surface area contributed by atoms with Crippen molar-refractivity contribution in [2.24, 2.45) is 0 Å². The van der Waals surface area contributed by atoms with Crippen molar-refractivity contribution in [1.82, 2.24) is 14.8 Å². The van der Waals surface area contributed by atoms with Gasteiger partial charge in [-0.05, 0) is 42.1 Å². The molecule has 0 bridgehead atoms. The van der Waals surface area contributed by atoms with Crippen LogP contribution in [0.5, 0.6) is 0 Å². The number of hydrogen-bond acceptors (Lipinski definition) is 3. The number of fused-ring (bicyclic) bond motifs is 1. The third-order valence-corrected chi connectivity index (χ3v) is 5.54. The number of aromatic nitrogens is 1. The van der Waals surface area contributed by atoms with Crippen LogP contribution in [0.15, 0.2) is 64.8 Å². The van der Waals surface area contributed by atoms with Crippen molar-refractivity contribution in [2.45, 2.75) is 6.54 Å². The number of carbonyl (C=O) groups is 2. The molecule has 0 aliphatic carbocycles. The van der Waals surface area contributed by atoms with Gasteiger partial charge in [0.05, 0.1) is 0 Å². The number of hydrogen-bond donors (Lipinski definition) is 1. The molecular weight excluding hydrogens is 438 g/mol. The van der Waals surface area contributed by atoms with E-state index >= 15 is 0 Å². The molecule has 1 aromatic heterocycles. The van der Waals surface area contributed by atoms with E-state index in [1.807, 2.05) is 42.6 Å². The predicted molar refractivity (Wildman–Crippen MR) is 117 cm³/mol. The number of halogens is 1. The summed E-state index contributed by atoms with van der Waals surface area (Å²) < 4.78 is 3.04. The first-order valence-electron chi connectivity index (χ1n) is 8.61. The van der Waals surface area contributed by atoms with Crippen LogP contribution >= 0.6 is 28.1 Å². The maximum Gasteiger partial charge on any atom is 0.265 e. The van der Waals surface area contributed by atoms with Gasteiger partial charge in [0.15, 0.2) is 5.11 Å². The molecule has 28 heavy (non-hydrogen) atoms. The average Bonchev–Trinajstić information content (AvgIpc) is 3.00. The van der Waals surface area contributed by atoms with Crippen LogP contribution < -0.4 is 5.32 Å². The fraction of sp³-hybridized carbons (Fsp3) is 0.0952. The second-order valence-corrected chi connectivity index (χ2v) is 7.84. The van der Waals surface area contributed by atoms with E-state index in [9.17, 15) is 9.59 Å². The van der Waals surface area contributed by atoms with Crippen molar-refractivity contribution < 1.29 is 9.59 Å². The lowest BCUT2D eigenvalue weighted by molar-refractivity contribution is -0.128. The van der Waals surface area contributed by atoms with Crippen molar-refractivity contribution in [3.63, 3.8) is 0 Å². The Bertz CT molecular complexity index is 1150. The summed E-state index contributed by atoms with van der Waals surface area (Å²) in [6.07, 6.45) is 3.59. The molecule has 0 spiro atoms. The molecular formula is C21H16BrN3O2S. The molecule has 1 aliphatic rings. The van der Waals surface area contributed by atoms with Crippen molar-refractivity contribution in [3.8, 4) is 0 Å². The zero-order valence-corrected chi connectivity index (χ0v) is 17.4. The Labute approximate surface area is 175 Å². The first-order valence-corrected chi connectivity index (χ1v) is 9.81. The summed E-state index contributed by atoms with van der Waals surface area (Å²) in [7, 11) is 1.55. The van der Waals surface area contributed by atoms with Crippen molar-refractivity contribution in [3.05, 3.63) is 75.9 Å². The van der Waals surface area contributed by atoms with Crippen molar-refractivity contribution in [2.75, 3.05) is 7.05 Å². The minimum atomic E-state index is -0.480. The first-order chi connectivity index (χ1) is 13.4. The molecule has 1 fully saturated rings. The van der Waals surface area contributed by atoms with Crippen LogP contribution in [0.1, 0.15) is 11.1 Å². The fourth-order valence-electron chi connectivity index (χ4n) is 3.22. The zero-order valence-electron chi connectivity index (χ0n) is 15.0. The fourth-order valence-corrected chi connectivity index (χ4v) is 3.76. The molecule has 1 aliphatic heterocycles. The van der Waals surface area contributed by atoms with E-state index in [2.05, 4.69) is 37.9 Å². The third kappa shape index (κ3) is 3.39. The number of benzene rings is 2. The number of likely N-dealkylation sites (N-methyl/N-ethyl adjacent to an activating group) is 1. The van der Waals surface area contributed by atoms with Gasteiger partial charge in [-0.15, -0.1) is 0 Å². The lowest BCUT2D eigenvalue weighted by atomic mass is 10.1. The predicted octanol–water partition coefficient (Wildman–Crippen LogP) is 3.71. The van der Waals surface area contributed by atoms with Crippen molar-refractivity contribution in [1.29, 1.82) is 0 Å². The van der Waals surface area contributed by atoms with Crippen LogP contribution in [-0.4, -0.2) is 33.4 Å². The average molecular weight is 454 g/mol. The second-order valence-electron chi connectivity index (χ2n) is 6.54. The Balaban J connectivity index is 1.83.